The zero-order chi connectivity index (χ0) is 19.6. The van der Waals surface area contributed by atoms with Crippen molar-refractivity contribution in [2.24, 2.45) is 4.99 Å². The van der Waals surface area contributed by atoms with Gasteiger partial charge < -0.3 is 25.4 Å². The summed E-state index contributed by atoms with van der Waals surface area (Å²) < 4.78 is 0. The van der Waals surface area contributed by atoms with Gasteiger partial charge in [-0.05, 0) is 51.7 Å². The third-order valence-electron chi connectivity index (χ3n) is 4.73. The van der Waals surface area contributed by atoms with Gasteiger partial charge in [0.15, 0.2) is 0 Å². The van der Waals surface area contributed by atoms with Gasteiger partial charge in [0.25, 0.3) is 0 Å². The number of rotatable bonds is 19. The standard InChI is InChI=1S/C20H39NO5/c1-21-16-9-5-6-11-17(22)12-10-14-19(24)18(23)13-7-3-2-4-8-15-20(25)26/h17-19,22-24H,1-16H2,(H,25,26). The van der Waals surface area contributed by atoms with E-state index in [4.69, 9.17) is 5.11 Å². The first-order valence-corrected chi connectivity index (χ1v) is 10.2. The van der Waals surface area contributed by atoms with E-state index in [-0.39, 0.29) is 12.5 Å². The van der Waals surface area contributed by atoms with Gasteiger partial charge in [-0.2, -0.15) is 0 Å². The van der Waals surface area contributed by atoms with Crippen LogP contribution in [0.2, 0.25) is 0 Å². The molecular formula is C20H39NO5. The van der Waals surface area contributed by atoms with E-state index in [9.17, 15) is 20.1 Å². The molecule has 0 aromatic heterocycles. The van der Waals surface area contributed by atoms with Gasteiger partial charge in [0.1, 0.15) is 0 Å². The maximum atomic E-state index is 10.4. The lowest BCUT2D eigenvalue weighted by atomic mass is 9.98. The first kappa shape index (κ1) is 25.0. The summed E-state index contributed by atoms with van der Waals surface area (Å²) in [6, 6.07) is 0. The van der Waals surface area contributed by atoms with Gasteiger partial charge >= 0.3 is 5.97 Å². The van der Waals surface area contributed by atoms with E-state index in [1.54, 1.807) is 0 Å². The Morgan fingerprint density at radius 2 is 1.23 bits per heavy atom. The zero-order valence-corrected chi connectivity index (χ0v) is 16.2. The van der Waals surface area contributed by atoms with E-state index < -0.39 is 18.2 Å². The van der Waals surface area contributed by atoms with E-state index in [1.165, 1.54) is 0 Å². The Labute approximate surface area is 158 Å². The Bertz CT molecular complexity index is 351. The average Bonchev–Trinajstić information content (AvgIpc) is 2.60. The molecule has 154 valence electrons. The Kier molecular flexibility index (Phi) is 16.8. The molecule has 0 aromatic rings. The van der Waals surface area contributed by atoms with Gasteiger partial charge in [0, 0.05) is 13.0 Å². The van der Waals surface area contributed by atoms with Crippen LogP contribution in [-0.4, -0.2) is 58.0 Å². The van der Waals surface area contributed by atoms with Crippen molar-refractivity contribution >= 4 is 12.7 Å². The lowest BCUT2D eigenvalue weighted by Crippen LogP contribution is -2.26. The number of aliphatic hydroxyl groups is 3. The maximum Gasteiger partial charge on any atom is 0.303 e. The van der Waals surface area contributed by atoms with Crippen LogP contribution < -0.4 is 0 Å². The van der Waals surface area contributed by atoms with Crippen molar-refractivity contribution in [3.05, 3.63) is 0 Å². The van der Waals surface area contributed by atoms with Gasteiger partial charge in [-0.15, -0.1) is 0 Å². The zero-order valence-electron chi connectivity index (χ0n) is 16.2. The highest BCUT2D eigenvalue weighted by Gasteiger charge is 2.16. The van der Waals surface area contributed by atoms with Crippen molar-refractivity contribution < 1.29 is 25.2 Å². The predicted molar refractivity (Wildman–Crippen MR) is 105 cm³/mol. The fraction of sp³-hybridized carbons (Fsp3) is 0.900. The van der Waals surface area contributed by atoms with E-state index in [2.05, 4.69) is 11.7 Å². The molecule has 0 heterocycles. The summed E-state index contributed by atoms with van der Waals surface area (Å²) in [5.74, 6) is -0.751. The smallest absolute Gasteiger partial charge is 0.303 e. The van der Waals surface area contributed by atoms with E-state index in [0.29, 0.717) is 32.1 Å². The third-order valence-corrected chi connectivity index (χ3v) is 4.73. The molecule has 0 aromatic carbocycles. The monoisotopic (exact) mass is 373 g/mol. The van der Waals surface area contributed by atoms with Crippen LogP contribution in [0.3, 0.4) is 0 Å². The van der Waals surface area contributed by atoms with Gasteiger partial charge in [-0.25, -0.2) is 0 Å². The molecule has 0 saturated carbocycles. The fourth-order valence-corrected chi connectivity index (χ4v) is 3.03. The van der Waals surface area contributed by atoms with Crippen molar-refractivity contribution in [3.63, 3.8) is 0 Å². The van der Waals surface area contributed by atoms with Crippen LogP contribution >= 0.6 is 0 Å². The minimum atomic E-state index is -0.751. The second kappa shape index (κ2) is 17.4. The van der Waals surface area contributed by atoms with Gasteiger partial charge in [0.2, 0.25) is 0 Å². The Balaban J connectivity index is 3.53. The summed E-state index contributed by atoms with van der Waals surface area (Å²) >= 11 is 0. The van der Waals surface area contributed by atoms with Gasteiger partial charge in [-0.1, -0.05) is 38.5 Å². The molecule has 0 spiro atoms. The van der Waals surface area contributed by atoms with Gasteiger partial charge in [-0.3, -0.25) is 4.79 Å². The lowest BCUT2D eigenvalue weighted by Gasteiger charge is -2.18. The molecule has 26 heavy (non-hydrogen) atoms. The molecule has 0 fully saturated rings. The molecule has 0 aliphatic carbocycles. The molecule has 0 rings (SSSR count). The van der Waals surface area contributed by atoms with Crippen molar-refractivity contribution in [2.75, 3.05) is 6.54 Å². The molecule has 0 radical (unpaired) electrons. The number of aliphatic hydroxyl groups excluding tert-OH is 3. The number of hydrogen-bond acceptors (Lipinski definition) is 5. The van der Waals surface area contributed by atoms with Crippen LogP contribution in [0.15, 0.2) is 4.99 Å². The largest absolute Gasteiger partial charge is 0.481 e. The highest BCUT2D eigenvalue weighted by Crippen LogP contribution is 2.15. The Morgan fingerprint density at radius 3 is 1.88 bits per heavy atom. The van der Waals surface area contributed by atoms with Crippen LogP contribution in [0, 0.1) is 0 Å². The molecule has 0 amide bonds. The number of aliphatic carboxylic acids is 1. The van der Waals surface area contributed by atoms with Crippen LogP contribution in [0.5, 0.6) is 0 Å². The van der Waals surface area contributed by atoms with E-state index in [0.717, 1.165) is 57.9 Å². The van der Waals surface area contributed by atoms with Crippen LogP contribution in [0.25, 0.3) is 0 Å². The molecule has 0 saturated heterocycles. The first-order valence-electron chi connectivity index (χ1n) is 10.2. The van der Waals surface area contributed by atoms with Crippen molar-refractivity contribution in [3.8, 4) is 0 Å². The number of aliphatic imine (C=N–C) groups is 1. The molecule has 0 aliphatic rings. The molecule has 0 bridgehead atoms. The highest BCUT2D eigenvalue weighted by molar-refractivity contribution is 5.66. The third kappa shape index (κ3) is 16.5. The van der Waals surface area contributed by atoms with Crippen molar-refractivity contribution in [1.82, 2.24) is 0 Å². The molecule has 3 unspecified atom stereocenters. The van der Waals surface area contributed by atoms with Crippen LogP contribution in [-0.2, 0) is 4.79 Å². The first-order chi connectivity index (χ1) is 12.5. The van der Waals surface area contributed by atoms with Crippen molar-refractivity contribution in [1.29, 1.82) is 0 Å². The highest BCUT2D eigenvalue weighted by atomic mass is 16.4. The molecule has 3 atom stereocenters. The quantitative estimate of drug-likeness (QED) is 0.205. The molecule has 6 nitrogen and oxygen atoms in total. The lowest BCUT2D eigenvalue weighted by molar-refractivity contribution is -0.137. The Hall–Kier alpha value is -0.980. The van der Waals surface area contributed by atoms with Crippen molar-refractivity contribution in [2.45, 2.75) is 108 Å². The molecular weight excluding hydrogens is 334 g/mol. The van der Waals surface area contributed by atoms with E-state index >= 15 is 0 Å². The van der Waals surface area contributed by atoms with Crippen LogP contribution in [0.4, 0.5) is 0 Å². The van der Waals surface area contributed by atoms with Crippen LogP contribution in [0.1, 0.15) is 89.9 Å². The normalized spacial score (nSPS) is 14.7. The summed E-state index contributed by atoms with van der Waals surface area (Å²) in [4.78, 5) is 14.2. The topological polar surface area (TPSA) is 110 Å². The summed E-state index contributed by atoms with van der Waals surface area (Å²) in [5, 5.41) is 38.4. The Morgan fingerprint density at radius 1 is 0.731 bits per heavy atom. The number of nitrogens with zero attached hydrogens (tertiary/aromatic N) is 1. The second-order valence-corrected chi connectivity index (χ2v) is 7.22. The summed E-state index contributed by atoms with van der Waals surface area (Å²) in [5.41, 5.74) is 0. The number of carboxylic acid groups (broad SMARTS) is 1. The molecule has 6 heteroatoms. The number of carboxylic acids is 1. The maximum absolute atomic E-state index is 10.4. The summed E-state index contributed by atoms with van der Waals surface area (Å²) in [7, 11) is 0. The second-order valence-electron chi connectivity index (χ2n) is 7.22. The summed E-state index contributed by atoms with van der Waals surface area (Å²) in [6.07, 6.45) is 9.07. The minimum absolute atomic E-state index is 0.221. The fourth-order valence-electron chi connectivity index (χ4n) is 3.03. The van der Waals surface area contributed by atoms with E-state index in [1.807, 2.05) is 0 Å². The van der Waals surface area contributed by atoms with Gasteiger partial charge in [0.05, 0.1) is 18.3 Å². The number of unbranched alkanes of at least 4 members (excludes halogenated alkanes) is 6. The molecule has 4 N–H and O–H groups in total. The number of hydrogen-bond donors (Lipinski definition) is 4. The molecule has 0 aliphatic heterocycles. The minimum Gasteiger partial charge on any atom is -0.481 e. The average molecular weight is 374 g/mol. The SMILES string of the molecule is C=NCCCCCC(O)CCCC(O)C(O)CCCCCCCC(=O)O. The predicted octanol–water partition coefficient (Wildman–Crippen LogP) is 3.32. The summed E-state index contributed by atoms with van der Waals surface area (Å²) in [6.45, 7) is 4.22. The number of carbonyl (C=O) groups is 1.